The number of nitrogens with zero attached hydrogens (tertiary/aromatic N) is 1. The van der Waals surface area contributed by atoms with Crippen molar-refractivity contribution in [3.63, 3.8) is 0 Å². The molecule has 0 N–H and O–H groups in total. The molecule has 1 saturated heterocycles. The highest BCUT2D eigenvalue weighted by Gasteiger charge is 2.32. The number of carbonyl (C=O) groups is 1. The Morgan fingerprint density at radius 3 is 2.89 bits per heavy atom. The van der Waals surface area contributed by atoms with E-state index in [2.05, 4.69) is 0 Å². The Labute approximate surface area is 105 Å². The minimum Gasteiger partial charge on any atom is -0.472 e. The van der Waals surface area contributed by atoms with E-state index in [0.717, 1.165) is 5.56 Å². The molecule has 0 aromatic carbocycles. The van der Waals surface area contributed by atoms with Gasteiger partial charge >= 0.3 is 10.2 Å². The number of furan rings is 1. The summed E-state index contributed by atoms with van der Waals surface area (Å²) in [5, 5.41) is 0. The van der Waals surface area contributed by atoms with Crippen molar-refractivity contribution in [3.05, 3.63) is 24.2 Å². The van der Waals surface area contributed by atoms with Gasteiger partial charge in [-0.2, -0.15) is 8.42 Å². The third-order valence-corrected chi connectivity index (χ3v) is 3.85. The molecule has 0 bridgehead atoms. The zero-order chi connectivity index (χ0) is 13.2. The van der Waals surface area contributed by atoms with Crippen LogP contribution in [-0.4, -0.2) is 38.1 Å². The van der Waals surface area contributed by atoms with Crippen molar-refractivity contribution in [2.75, 3.05) is 18.8 Å². The minimum atomic E-state index is -4.51. The number of amides is 1. The molecule has 1 atom stereocenters. The number of carbonyl (C=O) groups excluding carboxylic acids is 1. The fraction of sp³-hybridized carbons (Fsp3) is 0.545. The van der Waals surface area contributed by atoms with E-state index in [4.69, 9.17) is 4.42 Å². The summed E-state index contributed by atoms with van der Waals surface area (Å²) in [7, 11) is -4.51. The number of likely N-dealkylation sites (tertiary alicyclic amines) is 1. The number of hydrogen-bond acceptors (Lipinski definition) is 4. The zero-order valence-corrected chi connectivity index (χ0v) is 10.5. The van der Waals surface area contributed by atoms with Gasteiger partial charge < -0.3 is 9.32 Å². The highest BCUT2D eigenvalue weighted by Crippen LogP contribution is 2.20. The molecule has 0 aliphatic carbocycles. The monoisotopic (exact) mass is 275 g/mol. The maximum atomic E-state index is 12.5. The molecule has 5 nitrogen and oxygen atoms in total. The molecule has 1 aliphatic heterocycles. The molecular weight excluding hydrogens is 261 g/mol. The molecular formula is C11H14FNO4S. The van der Waals surface area contributed by atoms with Crippen LogP contribution in [0.3, 0.4) is 0 Å². The van der Waals surface area contributed by atoms with Crippen molar-refractivity contribution in [1.29, 1.82) is 0 Å². The Balaban J connectivity index is 1.86. The predicted molar refractivity (Wildman–Crippen MR) is 62.0 cm³/mol. The van der Waals surface area contributed by atoms with Crippen molar-refractivity contribution in [2.45, 2.75) is 12.8 Å². The van der Waals surface area contributed by atoms with Gasteiger partial charge in [0.1, 0.15) is 0 Å². The van der Waals surface area contributed by atoms with Gasteiger partial charge in [-0.15, -0.1) is 3.89 Å². The van der Waals surface area contributed by atoms with Gasteiger partial charge in [-0.3, -0.25) is 4.79 Å². The van der Waals surface area contributed by atoms with Crippen LogP contribution in [0, 0.1) is 5.92 Å². The number of rotatable bonds is 5. The molecule has 18 heavy (non-hydrogen) atoms. The lowest BCUT2D eigenvalue weighted by Gasteiger charge is -2.15. The van der Waals surface area contributed by atoms with Gasteiger partial charge in [0.25, 0.3) is 0 Å². The third-order valence-electron chi connectivity index (χ3n) is 2.98. The molecule has 0 spiro atoms. The van der Waals surface area contributed by atoms with Crippen LogP contribution in [0.4, 0.5) is 3.89 Å². The van der Waals surface area contributed by atoms with E-state index in [1.807, 2.05) is 6.07 Å². The van der Waals surface area contributed by atoms with Gasteiger partial charge in [-0.25, -0.2) is 0 Å². The first-order valence-electron chi connectivity index (χ1n) is 5.65. The molecule has 1 aromatic rings. The third kappa shape index (κ3) is 3.56. The van der Waals surface area contributed by atoms with E-state index in [1.165, 1.54) is 0 Å². The number of hydrogen-bond donors (Lipinski definition) is 0. The summed E-state index contributed by atoms with van der Waals surface area (Å²) in [5.74, 6) is -1.12. The molecule has 1 unspecified atom stereocenters. The summed E-state index contributed by atoms with van der Waals surface area (Å²) >= 11 is 0. The van der Waals surface area contributed by atoms with Gasteiger partial charge in [-0.05, 0) is 18.1 Å². The Morgan fingerprint density at radius 2 is 2.28 bits per heavy atom. The van der Waals surface area contributed by atoms with Crippen molar-refractivity contribution in [3.8, 4) is 0 Å². The van der Waals surface area contributed by atoms with Gasteiger partial charge in [0.15, 0.2) is 0 Å². The summed E-state index contributed by atoms with van der Waals surface area (Å²) < 4.78 is 38.5. The van der Waals surface area contributed by atoms with E-state index in [-0.39, 0.29) is 12.3 Å². The lowest BCUT2D eigenvalue weighted by molar-refractivity contribution is -0.127. The van der Waals surface area contributed by atoms with Crippen LogP contribution in [0.5, 0.6) is 0 Å². The first-order chi connectivity index (χ1) is 8.44. The standard InChI is InChI=1S/C11H14FNO4S/c12-18(15,16)8-10-5-11(14)13(6-10)3-1-9-2-4-17-7-9/h2,4,7,10H,1,3,5-6,8H2. The fourth-order valence-corrected chi connectivity index (χ4v) is 2.95. The quantitative estimate of drug-likeness (QED) is 0.751. The second-order valence-corrected chi connectivity index (χ2v) is 5.91. The van der Waals surface area contributed by atoms with Gasteiger partial charge in [0, 0.05) is 25.4 Å². The fourth-order valence-electron chi connectivity index (χ4n) is 2.16. The molecule has 100 valence electrons. The topological polar surface area (TPSA) is 67.6 Å². The minimum absolute atomic E-state index is 0.106. The van der Waals surface area contributed by atoms with Crippen LogP contribution in [-0.2, 0) is 21.4 Å². The average Bonchev–Trinajstić information content (AvgIpc) is 2.83. The van der Waals surface area contributed by atoms with Crippen molar-refractivity contribution < 1.29 is 21.5 Å². The highest BCUT2D eigenvalue weighted by molar-refractivity contribution is 7.86. The van der Waals surface area contributed by atoms with Crippen LogP contribution < -0.4 is 0 Å². The molecule has 1 aliphatic rings. The summed E-state index contributed by atoms with van der Waals surface area (Å²) in [6, 6.07) is 1.81. The first kappa shape index (κ1) is 13.1. The maximum absolute atomic E-state index is 12.5. The first-order valence-corrected chi connectivity index (χ1v) is 7.20. The molecule has 7 heteroatoms. The smallest absolute Gasteiger partial charge is 0.302 e. The molecule has 0 radical (unpaired) electrons. The van der Waals surface area contributed by atoms with Crippen molar-refractivity contribution in [1.82, 2.24) is 4.90 Å². The largest absolute Gasteiger partial charge is 0.472 e. The lowest BCUT2D eigenvalue weighted by atomic mass is 10.1. The van der Waals surface area contributed by atoms with Gasteiger partial charge in [0.2, 0.25) is 5.91 Å². The number of halogens is 1. The lowest BCUT2D eigenvalue weighted by Crippen LogP contribution is -2.28. The second-order valence-electron chi connectivity index (χ2n) is 4.50. The normalized spacial score (nSPS) is 20.6. The Hall–Kier alpha value is -1.37. The Bertz CT molecular complexity index is 511. The van der Waals surface area contributed by atoms with Crippen molar-refractivity contribution in [2.24, 2.45) is 5.92 Å². The van der Waals surface area contributed by atoms with E-state index < -0.39 is 21.9 Å². The predicted octanol–water partition coefficient (Wildman–Crippen LogP) is 0.970. The second kappa shape index (κ2) is 5.09. The Kier molecular flexibility index (Phi) is 3.70. The SMILES string of the molecule is O=C1CC(CS(=O)(=O)F)CN1CCc1ccoc1. The van der Waals surface area contributed by atoms with E-state index in [0.29, 0.717) is 19.5 Å². The van der Waals surface area contributed by atoms with Gasteiger partial charge in [-0.1, -0.05) is 0 Å². The van der Waals surface area contributed by atoms with E-state index in [9.17, 15) is 17.1 Å². The van der Waals surface area contributed by atoms with Crippen LogP contribution in [0.25, 0.3) is 0 Å². The highest BCUT2D eigenvalue weighted by atomic mass is 32.3. The van der Waals surface area contributed by atoms with E-state index >= 15 is 0 Å². The molecule has 1 fully saturated rings. The summed E-state index contributed by atoms with van der Waals surface area (Å²) in [6.45, 7) is 0.807. The zero-order valence-electron chi connectivity index (χ0n) is 9.71. The Morgan fingerprint density at radius 1 is 1.50 bits per heavy atom. The molecule has 0 saturated carbocycles. The van der Waals surface area contributed by atoms with Gasteiger partial charge in [0.05, 0.1) is 18.3 Å². The maximum Gasteiger partial charge on any atom is 0.302 e. The summed E-state index contributed by atoms with van der Waals surface area (Å²) in [6.07, 6.45) is 3.91. The van der Waals surface area contributed by atoms with Crippen molar-refractivity contribution >= 4 is 16.1 Å². The van der Waals surface area contributed by atoms with Crippen LogP contribution in [0.2, 0.25) is 0 Å². The van der Waals surface area contributed by atoms with Crippen LogP contribution in [0.1, 0.15) is 12.0 Å². The average molecular weight is 275 g/mol. The molecule has 2 rings (SSSR count). The summed E-state index contributed by atoms with van der Waals surface area (Å²) in [4.78, 5) is 13.2. The van der Waals surface area contributed by atoms with Crippen LogP contribution in [0.15, 0.2) is 23.0 Å². The molecule has 1 aromatic heterocycles. The summed E-state index contributed by atoms with van der Waals surface area (Å²) in [5.41, 5.74) is 0.976. The van der Waals surface area contributed by atoms with E-state index in [1.54, 1.807) is 17.4 Å². The molecule has 2 heterocycles. The molecule has 1 amide bonds. The van der Waals surface area contributed by atoms with Crippen LogP contribution >= 0.6 is 0 Å².